The van der Waals surface area contributed by atoms with Crippen LogP contribution in [-0.2, 0) is 4.79 Å². The second-order valence-electron chi connectivity index (χ2n) is 5.67. The summed E-state index contributed by atoms with van der Waals surface area (Å²) < 4.78 is 1.05. The van der Waals surface area contributed by atoms with E-state index in [9.17, 15) is 4.79 Å². The molecule has 1 aromatic carbocycles. The van der Waals surface area contributed by atoms with Crippen molar-refractivity contribution in [1.82, 2.24) is 10.6 Å². The van der Waals surface area contributed by atoms with Crippen LogP contribution in [0, 0.1) is 5.92 Å². The molecule has 0 spiro atoms. The fraction of sp³-hybridized carbons (Fsp3) is 0.533. The van der Waals surface area contributed by atoms with E-state index in [0.717, 1.165) is 22.9 Å². The lowest BCUT2D eigenvalue weighted by atomic mass is 9.88. The monoisotopic (exact) mass is 322 g/mol. The lowest BCUT2D eigenvalue weighted by Crippen LogP contribution is -2.38. The minimum absolute atomic E-state index is 0.0594. The first-order chi connectivity index (χ1) is 9.13. The number of hydrogen-bond acceptors (Lipinski definition) is 2. The van der Waals surface area contributed by atoms with E-state index in [-0.39, 0.29) is 17.9 Å². The van der Waals surface area contributed by atoms with Gasteiger partial charge in [0, 0.05) is 16.6 Å². The molecule has 102 valence electrons. The Morgan fingerprint density at radius 3 is 2.95 bits per heavy atom. The van der Waals surface area contributed by atoms with Gasteiger partial charge in [0.2, 0.25) is 5.91 Å². The smallest absolute Gasteiger partial charge is 0.225 e. The molecule has 1 aromatic rings. The molecule has 3 rings (SSSR count). The number of carbonyl (C=O) groups is 1. The molecular formula is C15H19BrN2O. The Morgan fingerprint density at radius 1 is 1.47 bits per heavy atom. The van der Waals surface area contributed by atoms with Gasteiger partial charge in [-0.15, -0.1) is 0 Å². The summed E-state index contributed by atoms with van der Waals surface area (Å²) >= 11 is 3.47. The van der Waals surface area contributed by atoms with E-state index in [1.807, 2.05) is 19.1 Å². The van der Waals surface area contributed by atoms with Crippen LogP contribution in [0.4, 0.5) is 0 Å². The van der Waals surface area contributed by atoms with Crippen LogP contribution in [0.25, 0.3) is 0 Å². The summed E-state index contributed by atoms with van der Waals surface area (Å²) in [5.74, 6) is 0.362. The molecule has 0 aromatic heterocycles. The first-order valence-electron chi connectivity index (χ1n) is 6.95. The highest BCUT2D eigenvalue weighted by Gasteiger charge is 2.42. The third kappa shape index (κ3) is 2.70. The van der Waals surface area contributed by atoms with Crippen LogP contribution in [0.5, 0.6) is 0 Å². The van der Waals surface area contributed by atoms with Gasteiger partial charge in [-0.05, 0) is 43.9 Å². The molecule has 4 heteroatoms. The molecule has 19 heavy (non-hydrogen) atoms. The summed E-state index contributed by atoms with van der Waals surface area (Å²) in [5.41, 5.74) is 1.14. The third-order valence-corrected chi connectivity index (χ3v) is 4.84. The zero-order valence-corrected chi connectivity index (χ0v) is 12.6. The summed E-state index contributed by atoms with van der Waals surface area (Å²) in [4.78, 5) is 12.3. The Kier molecular flexibility index (Phi) is 3.63. The maximum Gasteiger partial charge on any atom is 0.225 e. The van der Waals surface area contributed by atoms with Gasteiger partial charge >= 0.3 is 0 Å². The largest absolute Gasteiger partial charge is 0.349 e. The lowest BCUT2D eigenvalue weighted by Gasteiger charge is -2.22. The van der Waals surface area contributed by atoms with Crippen LogP contribution in [0.1, 0.15) is 37.8 Å². The predicted octanol–water partition coefficient (Wildman–Crippen LogP) is 2.77. The highest BCUT2D eigenvalue weighted by Crippen LogP contribution is 2.33. The zero-order valence-electron chi connectivity index (χ0n) is 11.0. The third-order valence-electron chi connectivity index (χ3n) is 4.34. The van der Waals surface area contributed by atoms with Crippen molar-refractivity contribution in [3.63, 3.8) is 0 Å². The van der Waals surface area contributed by atoms with Gasteiger partial charge in [0.1, 0.15) is 0 Å². The van der Waals surface area contributed by atoms with Gasteiger partial charge in [-0.3, -0.25) is 4.79 Å². The fourth-order valence-electron chi connectivity index (χ4n) is 3.29. The molecule has 0 saturated carbocycles. The van der Waals surface area contributed by atoms with Gasteiger partial charge in [-0.1, -0.05) is 28.1 Å². The Morgan fingerprint density at radius 2 is 2.32 bits per heavy atom. The van der Waals surface area contributed by atoms with Crippen molar-refractivity contribution < 1.29 is 4.79 Å². The molecule has 0 aliphatic carbocycles. The van der Waals surface area contributed by atoms with Gasteiger partial charge in [0.25, 0.3) is 0 Å². The Labute approximate surface area is 122 Å². The van der Waals surface area contributed by atoms with Crippen molar-refractivity contribution in [2.75, 3.05) is 0 Å². The van der Waals surface area contributed by atoms with Gasteiger partial charge < -0.3 is 10.6 Å². The van der Waals surface area contributed by atoms with E-state index in [4.69, 9.17) is 0 Å². The molecule has 2 aliphatic rings. The van der Waals surface area contributed by atoms with E-state index in [1.165, 1.54) is 6.42 Å². The van der Waals surface area contributed by atoms with E-state index in [0.29, 0.717) is 12.1 Å². The van der Waals surface area contributed by atoms with Gasteiger partial charge in [-0.2, -0.15) is 0 Å². The van der Waals surface area contributed by atoms with E-state index in [1.54, 1.807) is 0 Å². The van der Waals surface area contributed by atoms with Gasteiger partial charge in [-0.25, -0.2) is 0 Å². The van der Waals surface area contributed by atoms with Crippen LogP contribution < -0.4 is 10.6 Å². The molecule has 4 unspecified atom stereocenters. The molecule has 1 amide bonds. The lowest BCUT2D eigenvalue weighted by molar-refractivity contribution is -0.126. The number of carbonyl (C=O) groups excluding carboxylic acids is 1. The highest BCUT2D eigenvalue weighted by molar-refractivity contribution is 9.10. The first-order valence-corrected chi connectivity index (χ1v) is 7.74. The number of halogens is 1. The molecule has 2 bridgehead atoms. The highest BCUT2D eigenvalue weighted by atomic mass is 79.9. The molecule has 2 fully saturated rings. The molecule has 2 aliphatic heterocycles. The van der Waals surface area contributed by atoms with Crippen molar-refractivity contribution in [2.24, 2.45) is 5.92 Å². The normalized spacial score (nSPS) is 30.3. The Hall–Kier alpha value is -0.870. The summed E-state index contributed by atoms with van der Waals surface area (Å²) in [7, 11) is 0. The van der Waals surface area contributed by atoms with Gasteiger partial charge in [0.15, 0.2) is 0 Å². The molecule has 2 N–H and O–H groups in total. The molecule has 3 nitrogen and oxygen atoms in total. The topological polar surface area (TPSA) is 41.1 Å². The minimum Gasteiger partial charge on any atom is -0.349 e. The second-order valence-corrected chi connectivity index (χ2v) is 6.59. The van der Waals surface area contributed by atoms with E-state index in [2.05, 4.69) is 38.7 Å². The molecule has 4 atom stereocenters. The summed E-state index contributed by atoms with van der Waals surface area (Å²) in [5, 5.41) is 6.66. The fourth-order valence-corrected chi connectivity index (χ4v) is 3.71. The number of hydrogen-bond donors (Lipinski definition) is 2. The van der Waals surface area contributed by atoms with Gasteiger partial charge in [0.05, 0.1) is 12.0 Å². The van der Waals surface area contributed by atoms with Crippen LogP contribution in [-0.4, -0.2) is 18.0 Å². The quantitative estimate of drug-likeness (QED) is 0.898. The Balaban J connectivity index is 1.63. The maximum absolute atomic E-state index is 12.3. The minimum atomic E-state index is 0.0594. The number of benzene rings is 1. The first kappa shape index (κ1) is 13.1. The van der Waals surface area contributed by atoms with Crippen molar-refractivity contribution >= 4 is 21.8 Å². The van der Waals surface area contributed by atoms with Crippen molar-refractivity contribution in [3.8, 4) is 0 Å². The summed E-state index contributed by atoms with van der Waals surface area (Å²) in [6, 6.07) is 9.14. The van der Waals surface area contributed by atoms with Crippen LogP contribution in [0.2, 0.25) is 0 Å². The number of fused-ring (bicyclic) bond motifs is 2. The van der Waals surface area contributed by atoms with Crippen molar-refractivity contribution in [2.45, 2.75) is 44.3 Å². The van der Waals surface area contributed by atoms with Crippen molar-refractivity contribution in [1.29, 1.82) is 0 Å². The molecule has 0 radical (unpaired) electrons. The van der Waals surface area contributed by atoms with E-state index < -0.39 is 0 Å². The SMILES string of the molecule is CC(NC(=O)C1CC2CCC1N2)c1cccc(Br)c1. The number of amides is 1. The Bertz CT molecular complexity index is 491. The molecular weight excluding hydrogens is 304 g/mol. The molecule has 2 heterocycles. The zero-order chi connectivity index (χ0) is 13.4. The van der Waals surface area contributed by atoms with Crippen molar-refractivity contribution in [3.05, 3.63) is 34.3 Å². The second kappa shape index (κ2) is 5.25. The van der Waals surface area contributed by atoms with Crippen LogP contribution in [0.15, 0.2) is 28.7 Å². The van der Waals surface area contributed by atoms with E-state index >= 15 is 0 Å². The van der Waals surface area contributed by atoms with Crippen LogP contribution >= 0.6 is 15.9 Å². The average molecular weight is 323 g/mol. The maximum atomic E-state index is 12.3. The predicted molar refractivity (Wildman–Crippen MR) is 78.8 cm³/mol. The number of nitrogens with one attached hydrogen (secondary N) is 2. The standard InChI is InChI=1S/C15H19BrN2O/c1-9(10-3-2-4-11(16)7-10)17-15(19)13-8-12-5-6-14(13)18-12/h2-4,7,9,12-14,18H,5-6,8H2,1H3,(H,17,19). The molecule has 2 saturated heterocycles. The summed E-state index contributed by atoms with van der Waals surface area (Å²) in [6.07, 6.45) is 3.38. The number of rotatable bonds is 3. The average Bonchev–Trinajstić information content (AvgIpc) is 3.00. The summed E-state index contributed by atoms with van der Waals surface area (Å²) in [6.45, 7) is 2.04. The van der Waals surface area contributed by atoms with Crippen LogP contribution in [0.3, 0.4) is 0 Å².